The molecule has 15 heavy (non-hydrogen) atoms. The number of pyridine rings is 1. The van der Waals surface area contributed by atoms with Gasteiger partial charge < -0.3 is 9.97 Å². The van der Waals surface area contributed by atoms with Gasteiger partial charge in [0.15, 0.2) is 0 Å². The maximum Gasteiger partial charge on any atom is 0.305 e. The third-order valence-electron chi connectivity index (χ3n) is 2.30. The van der Waals surface area contributed by atoms with Crippen LogP contribution in [0.1, 0.15) is 0 Å². The summed E-state index contributed by atoms with van der Waals surface area (Å²) in [6, 6.07) is 7.40. The predicted molar refractivity (Wildman–Crippen MR) is 60.6 cm³/mol. The lowest BCUT2D eigenvalue weighted by molar-refractivity contribution is 1.34. The molecule has 0 aliphatic carbocycles. The first-order chi connectivity index (χ1) is 7.25. The van der Waals surface area contributed by atoms with Crippen LogP contribution in [0.25, 0.3) is 21.1 Å². The number of hydrogen-bond acceptors (Lipinski definition) is 3. The van der Waals surface area contributed by atoms with Gasteiger partial charge in [0.05, 0.1) is 11.0 Å². The van der Waals surface area contributed by atoms with Crippen LogP contribution in [0, 0.1) is 0 Å². The van der Waals surface area contributed by atoms with Crippen LogP contribution in [-0.2, 0) is 0 Å². The molecule has 0 radical (unpaired) electrons. The number of nitrogens with one attached hydrogen (secondary N) is 2. The van der Waals surface area contributed by atoms with Gasteiger partial charge >= 0.3 is 4.87 Å². The Morgan fingerprint density at radius 3 is 2.73 bits per heavy atom. The molecule has 3 aromatic rings. The van der Waals surface area contributed by atoms with E-state index < -0.39 is 0 Å². The summed E-state index contributed by atoms with van der Waals surface area (Å²) in [4.78, 5) is 28.0. The average molecular weight is 218 g/mol. The molecule has 2 heterocycles. The second kappa shape index (κ2) is 2.80. The Morgan fingerprint density at radius 1 is 1.07 bits per heavy atom. The van der Waals surface area contributed by atoms with Crippen LogP contribution >= 0.6 is 11.3 Å². The normalized spacial score (nSPS) is 11.2. The van der Waals surface area contributed by atoms with E-state index in [1.54, 1.807) is 0 Å². The third-order valence-corrected chi connectivity index (χ3v) is 3.18. The number of aromatic nitrogens is 2. The van der Waals surface area contributed by atoms with Gasteiger partial charge in [-0.1, -0.05) is 29.5 Å². The van der Waals surface area contributed by atoms with Crippen molar-refractivity contribution in [2.75, 3.05) is 0 Å². The number of para-hydroxylation sites is 1. The Kier molecular flexibility index (Phi) is 1.58. The number of H-pyrrole nitrogens is 2. The van der Waals surface area contributed by atoms with Crippen molar-refractivity contribution in [3.8, 4) is 0 Å². The topological polar surface area (TPSA) is 65.7 Å². The number of hydrogen-bond donors (Lipinski definition) is 2. The van der Waals surface area contributed by atoms with Crippen LogP contribution in [0.4, 0.5) is 0 Å². The second-order valence-corrected chi connectivity index (χ2v) is 4.20. The molecule has 74 valence electrons. The van der Waals surface area contributed by atoms with Gasteiger partial charge in [-0.3, -0.25) is 9.59 Å². The van der Waals surface area contributed by atoms with Crippen molar-refractivity contribution in [1.82, 2.24) is 9.97 Å². The molecule has 0 aliphatic rings. The lowest BCUT2D eigenvalue weighted by atomic mass is 10.2. The Hall–Kier alpha value is -1.88. The van der Waals surface area contributed by atoms with Gasteiger partial charge in [0.1, 0.15) is 4.70 Å². The molecule has 5 heteroatoms. The zero-order valence-corrected chi connectivity index (χ0v) is 8.35. The molecule has 0 spiro atoms. The molecule has 0 atom stereocenters. The maximum absolute atomic E-state index is 11.6. The molecule has 0 amide bonds. The minimum Gasteiger partial charge on any atom is -0.321 e. The summed E-state index contributed by atoms with van der Waals surface area (Å²) in [5.41, 5.74) is 1.15. The molecular weight excluding hydrogens is 212 g/mol. The molecule has 4 nitrogen and oxygen atoms in total. The van der Waals surface area contributed by atoms with E-state index in [4.69, 9.17) is 0 Å². The number of benzene rings is 1. The highest BCUT2D eigenvalue weighted by Crippen LogP contribution is 2.19. The maximum atomic E-state index is 11.6. The average Bonchev–Trinajstić information content (AvgIpc) is 2.61. The summed E-state index contributed by atoms with van der Waals surface area (Å²) < 4.78 is 0.457. The van der Waals surface area contributed by atoms with Crippen LogP contribution < -0.4 is 10.4 Å². The van der Waals surface area contributed by atoms with Gasteiger partial charge in [0.2, 0.25) is 0 Å². The first-order valence-electron chi connectivity index (χ1n) is 4.39. The van der Waals surface area contributed by atoms with E-state index in [1.165, 1.54) is 0 Å². The summed E-state index contributed by atoms with van der Waals surface area (Å²) in [5.74, 6) is 0. The SMILES string of the molecule is O=c1[nH]c2c(s1)c(=O)[nH]c1ccccc12. The highest BCUT2D eigenvalue weighted by atomic mass is 32.1. The minimum atomic E-state index is -0.216. The fourth-order valence-corrected chi connectivity index (χ4v) is 2.41. The van der Waals surface area contributed by atoms with E-state index in [0.29, 0.717) is 10.2 Å². The molecule has 2 N–H and O–H groups in total. The van der Waals surface area contributed by atoms with E-state index in [1.807, 2.05) is 24.3 Å². The van der Waals surface area contributed by atoms with Crippen molar-refractivity contribution in [2.45, 2.75) is 0 Å². The number of aromatic amines is 2. The molecule has 2 aromatic heterocycles. The fraction of sp³-hybridized carbons (Fsp3) is 0. The summed E-state index contributed by atoms with van der Waals surface area (Å²) in [6.07, 6.45) is 0. The number of thiazole rings is 1. The molecular formula is C10H6N2O2S. The Morgan fingerprint density at radius 2 is 1.87 bits per heavy atom. The molecule has 0 saturated carbocycles. The number of rotatable bonds is 0. The molecule has 0 bridgehead atoms. The van der Waals surface area contributed by atoms with Gasteiger partial charge in [-0.05, 0) is 6.07 Å². The smallest absolute Gasteiger partial charge is 0.305 e. The zero-order chi connectivity index (χ0) is 10.4. The van der Waals surface area contributed by atoms with Crippen molar-refractivity contribution >= 4 is 32.5 Å². The molecule has 1 aromatic carbocycles. The van der Waals surface area contributed by atoms with Gasteiger partial charge in [-0.15, -0.1) is 0 Å². The minimum absolute atomic E-state index is 0.202. The van der Waals surface area contributed by atoms with E-state index in [-0.39, 0.29) is 10.4 Å². The van der Waals surface area contributed by atoms with Crippen molar-refractivity contribution in [3.05, 3.63) is 44.3 Å². The molecule has 3 rings (SSSR count). The van der Waals surface area contributed by atoms with E-state index in [2.05, 4.69) is 9.97 Å². The molecule has 0 fully saturated rings. The van der Waals surface area contributed by atoms with Gasteiger partial charge in [-0.25, -0.2) is 0 Å². The highest BCUT2D eigenvalue weighted by molar-refractivity contribution is 7.16. The first-order valence-corrected chi connectivity index (χ1v) is 5.21. The largest absolute Gasteiger partial charge is 0.321 e. The van der Waals surface area contributed by atoms with E-state index >= 15 is 0 Å². The predicted octanol–water partition coefficient (Wildman–Crippen LogP) is 1.43. The van der Waals surface area contributed by atoms with Crippen LogP contribution in [0.15, 0.2) is 33.9 Å². The lowest BCUT2D eigenvalue weighted by Gasteiger charge is -1.97. The van der Waals surface area contributed by atoms with Crippen LogP contribution in [0.3, 0.4) is 0 Å². The second-order valence-electron chi connectivity index (χ2n) is 3.22. The monoisotopic (exact) mass is 218 g/mol. The van der Waals surface area contributed by atoms with Gasteiger partial charge in [-0.2, -0.15) is 0 Å². The van der Waals surface area contributed by atoms with Crippen molar-refractivity contribution in [1.29, 1.82) is 0 Å². The Labute approximate surface area is 87.2 Å². The summed E-state index contributed by atoms with van der Waals surface area (Å²) >= 11 is 0.939. The van der Waals surface area contributed by atoms with E-state index in [0.717, 1.165) is 22.2 Å². The van der Waals surface area contributed by atoms with Crippen LogP contribution in [0.5, 0.6) is 0 Å². The summed E-state index contributed by atoms with van der Waals surface area (Å²) in [7, 11) is 0. The Balaban J connectivity index is 2.75. The van der Waals surface area contributed by atoms with Crippen molar-refractivity contribution < 1.29 is 0 Å². The zero-order valence-electron chi connectivity index (χ0n) is 7.53. The summed E-state index contributed by atoms with van der Waals surface area (Å²) in [5, 5.41) is 0.866. The highest BCUT2D eigenvalue weighted by Gasteiger charge is 2.07. The van der Waals surface area contributed by atoms with Crippen molar-refractivity contribution in [2.24, 2.45) is 0 Å². The standard InChI is InChI=1S/C10H6N2O2S/c13-9-8-7(12-10(14)15-8)5-3-1-2-4-6(5)11-9/h1-4H,(H,11,13)(H,12,14). The third kappa shape index (κ3) is 1.13. The molecule has 0 aliphatic heterocycles. The van der Waals surface area contributed by atoms with E-state index in [9.17, 15) is 9.59 Å². The first kappa shape index (κ1) is 8.43. The molecule has 0 saturated heterocycles. The lowest BCUT2D eigenvalue weighted by Crippen LogP contribution is -2.04. The van der Waals surface area contributed by atoms with Crippen molar-refractivity contribution in [3.63, 3.8) is 0 Å². The fourth-order valence-electron chi connectivity index (χ4n) is 1.67. The quantitative estimate of drug-likeness (QED) is 0.599. The van der Waals surface area contributed by atoms with Crippen LogP contribution in [-0.4, -0.2) is 9.97 Å². The number of fused-ring (bicyclic) bond motifs is 3. The van der Waals surface area contributed by atoms with Crippen LogP contribution in [0.2, 0.25) is 0 Å². The molecule has 0 unspecified atom stereocenters. The van der Waals surface area contributed by atoms with Gasteiger partial charge in [0, 0.05) is 5.39 Å². The summed E-state index contributed by atoms with van der Waals surface area (Å²) in [6.45, 7) is 0. The Bertz CT molecular complexity index is 766. The van der Waals surface area contributed by atoms with Gasteiger partial charge in [0.25, 0.3) is 5.56 Å².